The highest BCUT2D eigenvalue weighted by Crippen LogP contribution is 2.29. The fraction of sp³-hybridized carbons (Fsp3) is 0.278. The molecule has 0 bridgehead atoms. The van der Waals surface area contributed by atoms with Crippen molar-refractivity contribution in [2.24, 2.45) is 0 Å². The highest BCUT2D eigenvalue weighted by Gasteiger charge is 2.16. The summed E-state index contributed by atoms with van der Waals surface area (Å²) in [7, 11) is 0. The van der Waals surface area contributed by atoms with Crippen LogP contribution in [-0.4, -0.2) is 9.78 Å². The van der Waals surface area contributed by atoms with Gasteiger partial charge in [-0.05, 0) is 36.5 Å². The van der Waals surface area contributed by atoms with E-state index in [9.17, 15) is 0 Å². The van der Waals surface area contributed by atoms with Gasteiger partial charge < -0.3 is 0 Å². The molecule has 1 heterocycles. The molecule has 0 amide bonds. The zero-order valence-corrected chi connectivity index (χ0v) is 12.1. The second-order valence-corrected chi connectivity index (χ2v) is 5.50. The fourth-order valence-corrected chi connectivity index (χ4v) is 2.56. The molecule has 2 heteroatoms. The SMILES string of the molecule is CC(C)c1nn(-c2ccccc2)cc1C1=CCCC=C1. The van der Waals surface area contributed by atoms with Gasteiger partial charge in [0.1, 0.15) is 0 Å². The quantitative estimate of drug-likeness (QED) is 0.783. The third-order valence-corrected chi connectivity index (χ3v) is 3.62. The molecule has 0 spiro atoms. The molecule has 0 atom stereocenters. The number of hydrogen-bond acceptors (Lipinski definition) is 1. The molecule has 0 saturated heterocycles. The third kappa shape index (κ3) is 2.46. The Bertz CT molecular complexity index is 645. The van der Waals surface area contributed by atoms with Gasteiger partial charge in [-0.1, -0.05) is 50.3 Å². The monoisotopic (exact) mass is 264 g/mol. The van der Waals surface area contributed by atoms with Gasteiger partial charge >= 0.3 is 0 Å². The summed E-state index contributed by atoms with van der Waals surface area (Å²) in [6, 6.07) is 10.3. The number of allylic oxidation sites excluding steroid dienone is 4. The van der Waals surface area contributed by atoms with Gasteiger partial charge in [-0.15, -0.1) is 0 Å². The van der Waals surface area contributed by atoms with Gasteiger partial charge in [0.15, 0.2) is 0 Å². The van der Waals surface area contributed by atoms with Crippen LogP contribution in [0.15, 0.2) is 54.8 Å². The summed E-state index contributed by atoms with van der Waals surface area (Å²) in [4.78, 5) is 0. The third-order valence-electron chi connectivity index (χ3n) is 3.62. The van der Waals surface area contributed by atoms with Crippen LogP contribution in [0.25, 0.3) is 11.3 Å². The number of hydrogen-bond donors (Lipinski definition) is 0. The van der Waals surface area contributed by atoms with E-state index in [1.165, 1.54) is 16.8 Å². The van der Waals surface area contributed by atoms with E-state index in [0.29, 0.717) is 5.92 Å². The molecule has 0 fully saturated rings. The van der Waals surface area contributed by atoms with E-state index < -0.39 is 0 Å². The van der Waals surface area contributed by atoms with E-state index in [1.807, 2.05) is 22.9 Å². The van der Waals surface area contributed by atoms with Crippen LogP contribution >= 0.6 is 0 Å². The van der Waals surface area contributed by atoms with Crippen LogP contribution < -0.4 is 0 Å². The van der Waals surface area contributed by atoms with Crippen LogP contribution in [0.5, 0.6) is 0 Å². The lowest BCUT2D eigenvalue weighted by Gasteiger charge is -2.08. The molecule has 0 saturated carbocycles. The first-order valence-corrected chi connectivity index (χ1v) is 7.28. The van der Waals surface area contributed by atoms with Crippen molar-refractivity contribution >= 4 is 5.57 Å². The molecule has 3 rings (SSSR count). The van der Waals surface area contributed by atoms with Crippen LogP contribution in [0.3, 0.4) is 0 Å². The van der Waals surface area contributed by atoms with Gasteiger partial charge in [-0.3, -0.25) is 0 Å². The molecule has 20 heavy (non-hydrogen) atoms. The number of para-hydroxylation sites is 1. The van der Waals surface area contributed by atoms with Gasteiger partial charge in [-0.2, -0.15) is 5.10 Å². The molecule has 0 radical (unpaired) electrons. The fourth-order valence-electron chi connectivity index (χ4n) is 2.56. The number of benzene rings is 1. The first-order chi connectivity index (χ1) is 9.75. The largest absolute Gasteiger partial charge is 0.240 e. The molecule has 0 aliphatic heterocycles. The Kier molecular flexibility index (Phi) is 3.55. The lowest BCUT2D eigenvalue weighted by atomic mass is 9.96. The van der Waals surface area contributed by atoms with E-state index in [4.69, 9.17) is 5.10 Å². The smallest absolute Gasteiger partial charge is 0.0732 e. The Balaban J connectivity index is 2.07. The average Bonchev–Trinajstić information content (AvgIpc) is 2.94. The summed E-state index contributed by atoms with van der Waals surface area (Å²) in [5.41, 5.74) is 4.86. The Labute approximate surface area is 120 Å². The second kappa shape index (κ2) is 5.49. The molecule has 1 aliphatic rings. The molecule has 1 aromatic carbocycles. The van der Waals surface area contributed by atoms with Crippen molar-refractivity contribution in [1.29, 1.82) is 0 Å². The van der Waals surface area contributed by atoms with E-state index in [0.717, 1.165) is 18.5 Å². The van der Waals surface area contributed by atoms with Crippen molar-refractivity contribution in [3.63, 3.8) is 0 Å². The van der Waals surface area contributed by atoms with Gasteiger partial charge in [0.2, 0.25) is 0 Å². The average molecular weight is 264 g/mol. The summed E-state index contributed by atoms with van der Waals surface area (Å²) in [6.45, 7) is 4.41. The maximum absolute atomic E-state index is 4.80. The van der Waals surface area contributed by atoms with Crippen LogP contribution in [0.4, 0.5) is 0 Å². The molecule has 2 aromatic rings. The molecular weight excluding hydrogens is 244 g/mol. The highest BCUT2D eigenvalue weighted by molar-refractivity contribution is 5.76. The molecule has 102 valence electrons. The van der Waals surface area contributed by atoms with Crippen LogP contribution in [-0.2, 0) is 0 Å². The molecule has 1 aliphatic carbocycles. The predicted octanol–water partition coefficient (Wildman–Crippen LogP) is 4.73. The lowest BCUT2D eigenvalue weighted by Crippen LogP contribution is -1.97. The number of aromatic nitrogens is 2. The maximum Gasteiger partial charge on any atom is 0.0732 e. The zero-order chi connectivity index (χ0) is 13.9. The van der Waals surface area contributed by atoms with Crippen molar-refractivity contribution < 1.29 is 0 Å². The number of nitrogens with zero attached hydrogens (tertiary/aromatic N) is 2. The molecule has 2 nitrogen and oxygen atoms in total. The summed E-state index contributed by atoms with van der Waals surface area (Å²) in [5.74, 6) is 0.422. The maximum atomic E-state index is 4.80. The van der Waals surface area contributed by atoms with Crippen molar-refractivity contribution in [3.8, 4) is 5.69 Å². The Morgan fingerprint density at radius 3 is 2.55 bits per heavy atom. The Morgan fingerprint density at radius 1 is 1.10 bits per heavy atom. The summed E-state index contributed by atoms with van der Waals surface area (Å²) in [5, 5.41) is 4.80. The minimum Gasteiger partial charge on any atom is -0.240 e. The van der Waals surface area contributed by atoms with E-state index in [1.54, 1.807) is 0 Å². The molecule has 0 N–H and O–H groups in total. The number of rotatable bonds is 3. The minimum absolute atomic E-state index is 0.422. The molecule has 1 aromatic heterocycles. The zero-order valence-electron chi connectivity index (χ0n) is 12.1. The van der Waals surface area contributed by atoms with Gasteiger partial charge in [0, 0.05) is 11.8 Å². The van der Waals surface area contributed by atoms with E-state index in [-0.39, 0.29) is 0 Å². The standard InChI is InChI=1S/C18H20N2/c1-14(2)18-17(15-9-5-3-6-10-15)13-20(19-18)16-11-7-4-8-12-16/h4-5,7-14H,3,6H2,1-2H3. The second-order valence-electron chi connectivity index (χ2n) is 5.50. The van der Waals surface area contributed by atoms with Gasteiger partial charge in [0.25, 0.3) is 0 Å². The first kappa shape index (κ1) is 12.9. The van der Waals surface area contributed by atoms with Crippen LogP contribution in [0, 0.1) is 0 Å². The van der Waals surface area contributed by atoms with Crippen molar-refractivity contribution in [2.45, 2.75) is 32.6 Å². The predicted molar refractivity (Wildman–Crippen MR) is 84.0 cm³/mol. The summed E-state index contributed by atoms with van der Waals surface area (Å²) in [6.07, 6.45) is 11.2. The normalized spacial score (nSPS) is 14.7. The summed E-state index contributed by atoms with van der Waals surface area (Å²) >= 11 is 0. The van der Waals surface area contributed by atoms with Crippen LogP contribution in [0.2, 0.25) is 0 Å². The van der Waals surface area contributed by atoms with E-state index >= 15 is 0 Å². The summed E-state index contributed by atoms with van der Waals surface area (Å²) < 4.78 is 1.99. The Hall–Kier alpha value is -2.09. The van der Waals surface area contributed by atoms with Crippen molar-refractivity contribution in [2.75, 3.05) is 0 Å². The molecule has 0 unspecified atom stereocenters. The van der Waals surface area contributed by atoms with Gasteiger partial charge in [0.05, 0.1) is 11.4 Å². The lowest BCUT2D eigenvalue weighted by molar-refractivity contribution is 0.767. The van der Waals surface area contributed by atoms with Crippen molar-refractivity contribution in [1.82, 2.24) is 9.78 Å². The van der Waals surface area contributed by atoms with Crippen LogP contribution in [0.1, 0.15) is 43.9 Å². The first-order valence-electron chi connectivity index (χ1n) is 7.28. The highest BCUT2D eigenvalue weighted by atomic mass is 15.3. The Morgan fingerprint density at radius 2 is 1.90 bits per heavy atom. The van der Waals surface area contributed by atoms with E-state index in [2.05, 4.69) is 50.4 Å². The van der Waals surface area contributed by atoms with Gasteiger partial charge in [-0.25, -0.2) is 4.68 Å². The molecular formula is C18H20N2. The minimum atomic E-state index is 0.422. The topological polar surface area (TPSA) is 17.8 Å². The van der Waals surface area contributed by atoms with Crippen molar-refractivity contribution in [3.05, 3.63) is 66.0 Å².